The fourth-order valence-electron chi connectivity index (χ4n) is 2.30. The Morgan fingerprint density at radius 1 is 1.14 bits per heavy atom. The second-order valence-corrected chi connectivity index (χ2v) is 5.81. The van der Waals surface area contributed by atoms with Gasteiger partial charge in [-0.05, 0) is 49.1 Å². The summed E-state index contributed by atoms with van der Waals surface area (Å²) in [4.78, 5) is 12.1. The molecule has 0 spiro atoms. The average Bonchev–Trinajstić information content (AvgIpc) is 2.43. The minimum atomic E-state index is -0.0993. The summed E-state index contributed by atoms with van der Waals surface area (Å²) in [5.74, 6) is 0.00525. The van der Waals surface area contributed by atoms with Crippen LogP contribution in [0, 0.1) is 13.8 Å². The zero-order valence-electron chi connectivity index (χ0n) is 12.6. The molecule has 0 bridgehead atoms. The van der Waals surface area contributed by atoms with Crippen LogP contribution in [0.2, 0.25) is 5.02 Å². The molecule has 3 heteroatoms. The number of benzene rings is 2. The van der Waals surface area contributed by atoms with Gasteiger partial charge in [-0.2, -0.15) is 0 Å². The van der Waals surface area contributed by atoms with Gasteiger partial charge in [-0.1, -0.05) is 48.0 Å². The number of carbonyl (C=O) groups excluding carboxylic acids is 1. The fraction of sp³-hybridized carbons (Fsp3) is 0.278. The van der Waals surface area contributed by atoms with Crippen molar-refractivity contribution in [3.05, 3.63) is 69.7 Å². The zero-order valence-corrected chi connectivity index (χ0v) is 13.4. The van der Waals surface area contributed by atoms with Gasteiger partial charge in [0.1, 0.15) is 0 Å². The van der Waals surface area contributed by atoms with E-state index >= 15 is 0 Å². The molecule has 0 heterocycles. The highest BCUT2D eigenvalue weighted by molar-refractivity contribution is 6.31. The number of halogens is 1. The van der Waals surface area contributed by atoms with Gasteiger partial charge < -0.3 is 5.32 Å². The second-order valence-electron chi connectivity index (χ2n) is 5.41. The Kier molecular flexibility index (Phi) is 5.03. The van der Waals surface area contributed by atoms with Gasteiger partial charge in [0.25, 0.3) is 0 Å². The molecule has 0 saturated heterocycles. The highest BCUT2D eigenvalue weighted by Crippen LogP contribution is 2.22. The molecule has 1 atom stereocenters. The number of nitrogens with one attached hydrogen (secondary N) is 1. The summed E-state index contributed by atoms with van der Waals surface area (Å²) in [6, 6.07) is 13.6. The third kappa shape index (κ3) is 4.08. The average molecular weight is 302 g/mol. The Balaban J connectivity index is 2.01. The van der Waals surface area contributed by atoms with Crippen molar-refractivity contribution in [1.29, 1.82) is 0 Å². The molecule has 0 aromatic heterocycles. The quantitative estimate of drug-likeness (QED) is 0.892. The van der Waals surface area contributed by atoms with Gasteiger partial charge in [-0.3, -0.25) is 4.79 Å². The Morgan fingerprint density at radius 2 is 1.86 bits per heavy atom. The van der Waals surface area contributed by atoms with Crippen LogP contribution in [-0.2, 0) is 11.2 Å². The highest BCUT2D eigenvalue weighted by Gasteiger charge is 2.12. The van der Waals surface area contributed by atoms with E-state index in [1.165, 1.54) is 11.1 Å². The van der Waals surface area contributed by atoms with Crippen LogP contribution in [-0.4, -0.2) is 5.91 Å². The monoisotopic (exact) mass is 301 g/mol. The maximum absolute atomic E-state index is 12.1. The van der Waals surface area contributed by atoms with Crippen LogP contribution in [0.25, 0.3) is 0 Å². The molecule has 0 radical (unpaired) electrons. The van der Waals surface area contributed by atoms with Crippen LogP contribution in [0.1, 0.15) is 35.2 Å². The third-order valence-corrected chi connectivity index (χ3v) is 4.03. The molecule has 0 fully saturated rings. The van der Waals surface area contributed by atoms with Crippen LogP contribution in [0.5, 0.6) is 0 Å². The van der Waals surface area contributed by atoms with Crippen molar-refractivity contribution in [3.8, 4) is 0 Å². The minimum Gasteiger partial charge on any atom is -0.349 e. The van der Waals surface area contributed by atoms with E-state index in [0.717, 1.165) is 11.1 Å². The third-order valence-electron chi connectivity index (χ3n) is 3.69. The van der Waals surface area contributed by atoms with Crippen molar-refractivity contribution in [2.24, 2.45) is 0 Å². The summed E-state index contributed by atoms with van der Waals surface area (Å²) in [6.07, 6.45) is 0.385. The summed E-state index contributed by atoms with van der Waals surface area (Å²) >= 11 is 6.15. The first kappa shape index (κ1) is 15.6. The van der Waals surface area contributed by atoms with Crippen molar-refractivity contribution in [2.45, 2.75) is 33.2 Å². The highest BCUT2D eigenvalue weighted by atomic mass is 35.5. The van der Waals surface area contributed by atoms with Gasteiger partial charge in [-0.25, -0.2) is 0 Å². The van der Waals surface area contributed by atoms with Crippen molar-refractivity contribution in [3.63, 3.8) is 0 Å². The van der Waals surface area contributed by atoms with E-state index in [4.69, 9.17) is 11.6 Å². The SMILES string of the molecule is Cc1ccc(CC(=O)NC(C)c2ccccc2Cl)cc1C. The summed E-state index contributed by atoms with van der Waals surface area (Å²) in [5, 5.41) is 3.67. The second kappa shape index (κ2) is 6.77. The molecule has 2 aromatic rings. The molecule has 0 aliphatic carbocycles. The molecule has 110 valence electrons. The topological polar surface area (TPSA) is 29.1 Å². The Labute approximate surface area is 131 Å². The molecule has 0 aliphatic heterocycles. The molecule has 1 N–H and O–H groups in total. The lowest BCUT2D eigenvalue weighted by Gasteiger charge is -2.16. The maximum atomic E-state index is 12.1. The number of amides is 1. The predicted molar refractivity (Wildman–Crippen MR) is 87.6 cm³/mol. The molecule has 1 amide bonds. The summed E-state index contributed by atoms with van der Waals surface area (Å²) in [5.41, 5.74) is 4.41. The first-order valence-corrected chi connectivity index (χ1v) is 7.45. The maximum Gasteiger partial charge on any atom is 0.224 e. The molecular formula is C18H20ClNO. The Bertz CT molecular complexity index is 651. The van der Waals surface area contributed by atoms with E-state index < -0.39 is 0 Å². The molecule has 0 saturated carbocycles. The molecule has 1 unspecified atom stereocenters. The van der Waals surface area contributed by atoms with E-state index in [1.807, 2.05) is 37.3 Å². The van der Waals surface area contributed by atoms with Crippen molar-refractivity contribution >= 4 is 17.5 Å². The van der Waals surface area contributed by atoms with Gasteiger partial charge in [0.15, 0.2) is 0 Å². The molecule has 2 nitrogen and oxygen atoms in total. The standard InChI is InChI=1S/C18H20ClNO/c1-12-8-9-15(10-13(12)2)11-18(21)20-14(3)16-6-4-5-7-17(16)19/h4-10,14H,11H2,1-3H3,(H,20,21). The van der Waals surface area contributed by atoms with Crippen LogP contribution in [0.15, 0.2) is 42.5 Å². The minimum absolute atomic E-state index is 0.00525. The molecular weight excluding hydrogens is 282 g/mol. The number of hydrogen-bond donors (Lipinski definition) is 1. The first-order chi connectivity index (χ1) is 9.97. The predicted octanol–water partition coefficient (Wildman–Crippen LogP) is 4.38. The van der Waals surface area contributed by atoms with Gasteiger partial charge in [0.2, 0.25) is 5.91 Å². The van der Waals surface area contributed by atoms with E-state index in [0.29, 0.717) is 11.4 Å². The zero-order chi connectivity index (χ0) is 15.4. The van der Waals surface area contributed by atoms with E-state index in [2.05, 4.69) is 31.3 Å². The number of hydrogen-bond acceptors (Lipinski definition) is 1. The van der Waals surface area contributed by atoms with E-state index in [1.54, 1.807) is 0 Å². The van der Waals surface area contributed by atoms with Crippen molar-refractivity contribution in [2.75, 3.05) is 0 Å². The van der Waals surface area contributed by atoms with Crippen molar-refractivity contribution < 1.29 is 4.79 Å². The first-order valence-electron chi connectivity index (χ1n) is 7.07. The fourth-order valence-corrected chi connectivity index (χ4v) is 2.59. The lowest BCUT2D eigenvalue weighted by molar-refractivity contribution is -0.121. The Hall–Kier alpha value is -1.80. The normalized spacial score (nSPS) is 12.0. The van der Waals surface area contributed by atoms with Gasteiger partial charge in [0, 0.05) is 5.02 Å². The van der Waals surface area contributed by atoms with Gasteiger partial charge in [0.05, 0.1) is 12.5 Å². The molecule has 2 aromatic carbocycles. The summed E-state index contributed by atoms with van der Waals surface area (Å²) in [6.45, 7) is 6.07. The van der Waals surface area contributed by atoms with E-state index in [9.17, 15) is 4.79 Å². The number of aryl methyl sites for hydroxylation is 2. The molecule has 21 heavy (non-hydrogen) atoms. The van der Waals surface area contributed by atoms with Crippen LogP contribution >= 0.6 is 11.6 Å². The summed E-state index contributed by atoms with van der Waals surface area (Å²) in [7, 11) is 0. The molecule has 2 rings (SSSR count). The van der Waals surface area contributed by atoms with Crippen LogP contribution in [0.4, 0.5) is 0 Å². The number of rotatable bonds is 4. The van der Waals surface area contributed by atoms with Crippen molar-refractivity contribution in [1.82, 2.24) is 5.32 Å². The lowest BCUT2D eigenvalue weighted by atomic mass is 10.0. The molecule has 0 aliphatic rings. The Morgan fingerprint density at radius 3 is 2.52 bits per heavy atom. The van der Waals surface area contributed by atoms with Gasteiger partial charge in [-0.15, -0.1) is 0 Å². The lowest BCUT2D eigenvalue weighted by Crippen LogP contribution is -2.28. The number of carbonyl (C=O) groups is 1. The van der Waals surface area contributed by atoms with Crippen LogP contribution < -0.4 is 5.32 Å². The van der Waals surface area contributed by atoms with E-state index in [-0.39, 0.29) is 11.9 Å². The smallest absolute Gasteiger partial charge is 0.224 e. The summed E-state index contributed by atoms with van der Waals surface area (Å²) < 4.78 is 0. The van der Waals surface area contributed by atoms with Gasteiger partial charge >= 0.3 is 0 Å². The largest absolute Gasteiger partial charge is 0.349 e. The van der Waals surface area contributed by atoms with Crippen LogP contribution in [0.3, 0.4) is 0 Å².